The number of methoxy groups -OCH3 is 1. The van der Waals surface area contributed by atoms with Crippen molar-refractivity contribution in [2.24, 2.45) is 0 Å². The lowest BCUT2D eigenvalue weighted by Crippen LogP contribution is -2.09. The number of Topliss-reactive ketones (excluding diaryl/α,β-unsaturated/α-hetero) is 1. The largest absolute Gasteiger partial charge is 0.497 e. The number of hydrogen-bond donors (Lipinski definition) is 0. The third kappa shape index (κ3) is 4.18. The number of ketones is 1. The van der Waals surface area contributed by atoms with Gasteiger partial charge in [0.05, 0.1) is 13.7 Å². The van der Waals surface area contributed by atoms with Gasteiger partial charge in [-0.05, 0) is 42.0 Å². The van der Waals surface area contributed by atoms with Gasteiger partial charge in [0.2, 0.25) is 0 Å². The molecule has 0 N–H and O–H groups in total. The average Bonchev–Trinajstić information content (AvgIpc) is 2.49. The summed E-state index contributed by atoms with van der Waals surface area (Å²) in [6, 6.07) is 14.8. The zero-order valence-corrected chi connectivity index (χ0v) is 12.7. The topological polar surface area (TPSA) is 35.5 Å². The molecule has 104 valence electrons. The second-order valence-corrected chi connectivity index (χ2v) is 5.19. The number of ether oxygens (including phenoxy) is 2. The molecule has 2 rings (SSSR count). The summed E-state index contributed by atoms with van der Waals surface area (Å²) < 4.78 is 11.5. The van der Waals surface area contributed by atoms with Crippen molar-refractivity contribution in [3.63, 3.8) is 0 Å². The molecule has 0 aromatic heterocycles. The van der Waals surface area contributed by atoms with Crippen molar-refractivity contribution in [3.8, 4) is 5.75 Å². The zero-order valence-electron chi connectivity index (χ0n) is 11.1. The van der Waals surface area contributed by atoms with Crippen molar-refractivity contribution in [3.05, 3.63) is 64.1 Å². The second kappa shape index (κ2) is 7.22. The number of halogens is 1. The molecule has 0 unspecified atom stereocenters. The Morgan fingerprint density at radius 2 is 1.70 bits per heavy atom. The normalized spacial score (nSPS) is 10.3. The molecular formula is C16H15BrO3. The quantitative estimate of drug-likeness (QED) is 0.752. The molecule has 20 heavy (non-hydrogen) atoms. The molecule has 0 radical (unpaired) electrons. The highest BCUT2D eigenvalue weighted by molar-refractivity contribution is 9.10. The summed E-state index contributed by atoms with van der Waals surface area (Å²) in [5.41, 5.74) is 1.66. The molecule has 0 atom stereocenters. The van der Waals surface area contributed by atoms with E-state index < -0.39 is 0 Å². The Morgan fingerprint density at radius 1 is 1.05 bits per heavy atom. The summed E-state index contributed by atoms with van der Waals surface area (Å²) in [5.74, 6) is 0.696. The Kier molecular flexibility index (Phi) is 5.32. The van der Waals surface area contributed by atoms with Gasteiger partial charge in [-0.3, -0.25) is 4.79 Å². The SMILES string of the molecule is COc1ccc(C(=O)COCc2ccc(Br)cc2)cc1. The molecule has 2 aromatic carbocycles. The Bertz CT molecular complexity index is 561. The molecule has 0 saturated carbocycles. The van der Waals surface area contributed by atoms with Crippen LogP contribution in [0.1, 0.15) is 15.9 Å². The van der Waals surface area contributed by atoms with E-state index in [0.717, 1.165) is 15.8 Å². The van der Waals surface area contributed by atoms with Gasteiger partial charge in [-0.1, -0.05) is 28.1 Å². The van der Waals surface area contributed by atoms with Gasteiger partial charge in [-0.2, -0.15) is 0 Å². The summed E-state index contributed by atoms with van der Waals surface area (Å²) in [6.07, 6.45) is 0. The predicted octanol–water partition coefficient (Wildman–Crippen LogP) is 3.86. The average molecular weight is 335 g/mol. The van der Waals surface area contributed by atoms with Gasteiger partial charge in [0.25, 0.3) is 0 Å². The second-order valence-electron chi connectivity index (χ2n) is 4.27. The Labute approximate surface area is 126 Å². The van der Waals surface area contributed by atoms with Crippen molar-refractivity contribution >= 4 is 21.7 Å². The van der Waals surface area contributed by atoms with Crippen molar-refractivity contribution < 1.29 is 14.3 Å². The highest BCUT2D eigenvalue weighted by atomic mass is 79.9. The molecule has 0 bridgehead atoms. The number of benzene rings is 2. The van der Waals surface area contributed by atoms with Gasteiger partial charge >= 0.3 is 0 Å². The maximum atomic E-state index is 11.9. The van der Waals surface area contributed by atoms with Crippen LogP contribution in [0.15, 0.2) is 53.0 Å². The highest BCUT2D eigenvalue weighted by Gasteiger charge is 2.06. The highest BCUT2D eigenvalue weighted by Crippen LogP contribution is 2.13. The Hall–Kier alpha value is -1.65. The lowest BCUT2D eigenvalue weighted by atomic mass is 10.1. The Balaban J connectivity index is 1.83. The molecule has 0 spiro atoms. The standard InChI is InChI=1S/C16H15BrO3/c1-19-15-8-4-13(5-9-15)16(18)11-20-10-12-2-6-14(17)7-3-12/h2-9H,10-11H2,1H3. The summed E-state index contributed by atoms with van der Waals surface area (Å²) in [4.78, 5) is 11.9. The van der Waals surface area contributed by atoms with Crippen LogP contribution in [0.3, 0.4) is 0 Å². The lowest BCUT2D eigenvalue weighted by Gasteiger charge is -2.05. The first-order chi connectivity index (χ1) is 9.69. The van der Waals surface area contributed by atoms with E-state index in [0.29, 0.717) is 12.2 Å². The molecule has 0 fully saturated rings. The molecule has 2 aromatic rings. The predicted molar refractivity (Wildman–Crippen MR) is 81.1 cm³/mol. The zero-order chi connectivity index (χ0) is 14.4. The van der Waals surface area contributed by atoms with Crippen LogP contribution in [0.2, 0.25) is 0 Å². The van der Waals surface area contributed by atoms with Gasteiger partial charge in [-0.25, -0.2) is 0 Å². The first kappa shape index (κ1) is 14.8. The molecule has 0 aliphatic rings. The molecule has 0 saturated heterocycles. The van der Waals surface area contributed by atoms with Crippen LogP contribution in [-0.2, 0) is 11.3 Å². The smallest absolute Gasteiger partial charge is 0.188 e. The van der Waals surface area contributed by atoms with Crippen LogP contribution < -0.4 is 4.74 Å². The van der Waals surface area contributed by atoms with Gasteiger partial charge < -0.3 is 9.47 Å². The van der Waals surface area contributed by atoms with Gasteiger partial charge in [0, 0.05) is 10.0 Å². The molecule has 0 aliphatic heterocycles. The van der Waals surface area contributed by atoms with Gasteiger partial charge in [-0.15, -0.1) is 0 Å². The number of hydrogen-bond acceptors (Lipinski definition) is 3. The fourth-order valence-electron chi connectivity index (χ4n) is 1.70. The molecule has 0 heterocycles. The van der Waals surface area contributed by atoms with Crippen molar-refractivity contribution in [2.45, 2.75) is 6.61 Å². The summed E-state index contributed by atoms with van der Waals surface area (Å²) in [7, 11) is 1.60. The van der Waals surface area contributed by atoms with E-state index in [1.54, 1.807) is 31.4 Å². The van der Waals surface area contributed by atoms with E-state index in [2.05, 4.69) is 15.9 Å². The van der Waals surface area contributed by atoms with Crippen molar-refractivity contribution in [1.82, 2.24) is 0 Å². The molecule has 0 amide bonds. The monoisotopic (exact) mass is 334 g/mol. The van der Waals surface area contributed by atoms with E-state index in [9.17, 15) is 4.79 Å². The molecule has 3 nitrogen and oxygen atoms in total. The van der Waals surface area contributed by atoms with Crippen LogP contribution in [-0.4, -0.2) is 19.5 Å². The van der Waals surface area contributed by atoms with Gasteiger partial charge in [0.15, 0.2) is 5.78 Å². The van der Waals surface area contributed by atoms with Crippen molar-refractivity contribution in [1.29, 1.82) is 0 Å². The van der Waals surface area contributed by atoms with E-state index in [4.69, 9.17) is 9.47 Å². The minimum atomic E-state index is -0.0373. The summed E-state index contributed by atoms with van der Waals surface area (Å²) in [5, 5.41) is 0. The third-order valence-corrected chi connectivity index (χ3v) is 3.36. The van der Waals surface area contributed by atoms with Crippen LogP contribution in [0.5, 0.6) is 5.75 Å². The van der Waals surface area contributed by atoms with Crippen LogP contribution in [0.25, 0.3) is 0 Å². The van der Waals surface area contributed by atoms with E-state index in [-0.39, 0.29) is 12.4 Å². The van der Waals surface area contributed by atoms with Crippen LogP contribution >= 0.6 is 15.9 Å². The first-order valence-corrected chi connectivity index (χ1v) is 6.98. The van der Waals surface area contributed by atoms with Crippen LogP contribution in [0, 0.1) is 0 Å². The lowest BCUT2D eigenvalue weighted by molar-refractivity contribution is 0.0726. The minimum absolute atomic E-state index is 0.0373. The summed E-state index contributed by atoms with van der Waals surface area (Å²) >= 11 is 3.37. The fourth-order valence-corrected chi connectivity index (χ4v) is 1.97. The number of rotatable bonds is 6. The molecular weight excluding hydrogens is 320 g/mol. The number of carbonyl (C=O) groups excluding carboxylic acids is 1. The maximum absolute atomic E-state index is 11.9. The minimum Gasteiger partial charge on any atom is -0.497 e. The van der Waals surface area contributed by atoms with Gasteiger partial charge in [0.1, 0.15) is 12.4 Å². The first-order valence-electron chi connectivity index (χ1n) is 6.18. The van der Waals surface area contributed by atoms with E-state index in [1.807, 2.05) is 24.3 Å². The Morgan fingerprint density at radius 3 is 2.30 bits per heavy atom. The van der Waals surface area contributed by atoms with E-state index in [1.165, 1.54) is 0 Å². The maximum Gasteiger partial charge on any atom is 0.188 e. The van der Waals surface area contributed by atoms with Crippen molar-refractivity contribution in [2.75, 3.05) is 13.7 Å². The third-order valence-electron chi connectivity index (χ3n) is 2.83. The van der Waals surface area contributed by atoms with Crippen LogP contribution in [0.4, 0.5) is 0 Å². The van der Waals surface area contributed by atoms with E-state index >= 15 is 0 Å². The molecule has 0 aliphatic carbocycles. The number of carbonyl (C=O) groups is 1. The molecule has 4 heteroatoms. The fraction of sp³-hybridized carbons (Fsp3) is 0.188. The summed E-state index contributed by atoms with van der Waals surface area (Å²) in [6.45, 7) is 0.498.